The van der Waals surface area contributed by atoms with E-state index in [1.165, 1.54) is 0 Å². The summed E-state index contributed by atoms with van der Waals surface area (Å²) in [7, 11) is 0. The van der Waals surface area contributed by atoms with Gasteiger partial charge in [0.05, 0.1) is 19.3 Å². The Balaban J connectivity index is 1.38. The number of hydrogen-bond acceptors (Lipinski definition) is 6. The average Bonchev–Trinajstić information content (AvgIpc) is 3.29. The first-order valence-corrected chi connectivity index (χ1v) is 10.4. The van der Waals surface area contributed by atoms with Gasteiger partial charge in [-0.15, -0.1) is 0 Å². The molecule has 162 valence electrons. The molecule has 0 saturated carbocycles. The second-order valence-electron chi connectivity index (χ2n) is 6.95. The van der Waals surface area contributed by atoms with E-state index in [4.69, 9.17) is 18.9 Å². The van der Waals surface area contributed by atoms with Crippen LogP contribution in [0.4, 0.5) is 11.4 Å². The van der Waals surface area contributed by atoms with Gasteiger partial charge < -0.3 is 29.6 Å². The molecule has 7 heteroatoms. The van der Waals surface area contributed by atoms with Crippen molar-refractivity contribution in [1.29, 1.82) is 0 Å². The Bertz CT molecular complexity index is 775. The maximum Gasteiger partial charge on any atom is 0.243 e. The normalized spacial score (nSPS) is 15.6. The Morgan fingerprint density at radius 3 is 2.70 bits per heavy atom. The first-order chi connectivity index (χ1) is 14.7. The Morgan fingerprint density at radius 2 is 1.93 bits per heavy atom. The molecule has 1 aliphatic heterocycles. The second-order valence-corrected chi connectivity index (χ2v) is 6.95. The van der Waals surface area contributed by atoms with Crippen LogP contribution in [0.15, 0.2) is 48.5 Å². The predicted octanol–water partition coefficient (Wildman–Crippen LogP) is 3.71. The molecule has 1 amide bonds. The molecule has 1 saturated heterocycles. The van der Waals surface area contributed by atoms with E-state index >= 15 is 0 Å². The molecule has 1 heterocycles. The minimum absolute atomic E-state index is 0.139. The topological polar surface area (TPSA) is 78.1 Å². The van der Waals surface area contributed by atoms with Crippen LogP contribution >= 0.6 is 0 Å². The summed E-state index contributed by atoms with van der Waals surface area (Å²) in [5.74, 6) is 1.35. The van der Waals surface area contributed by atoms with E-state index in [0.717, 1.165) is 30.9 Å². The maximum absolute atomic E-state index is 12.2. The van der Waals surface area contributed by atoms with Crippen molar-refractivity contribution in [2.24, 2.45) is 0 Å². The van der Waals surface area contributed by atoms with Crippen LogP contribution in [0.1, 0.15) is 19.8 Å². The molecule has 1 unspecified atom stereocenters. The summed E-state index contributed by atoms with van der Waals surface area (Å²) in [5.41, 5.74) is 1.54. The van der Waals surface area contributed by atoms with Gasteiger partial charge in [-0.3, -0.25) is 4.79 Å². The summed E-state index contributed by atoms with van der Waals surface area (Å²) in [6.45, 7) is 5.17. The molecule has 1 fully saturated rings. The summed E-state index contributed by atoms with van der Waals surface area (Å²) in [4.78, 5) is 12.2. The van der Waals surface area contributed by atoms with E-state index in [0.29, 0.717) is 37.9 Å². The average molecular weight is 415 g/mol. The Hall–Kier alpha value is -2.77. The molecular formula is C23H30N2O5. The zero-order chi connectivity index (χ0) is 21.0. The first-order valence-electron chi connectivity index (χ1n) is 10.4. The lowest BCUT2D eigenvalue weighted by Crippen LogP contribution is -2.21. The van der Waals surface area contributed by atoms with Crippen molar-refractivity contribution in [2.75, 3.05) is 50.2 Å². The Kier molecular flexibility index (Phi) is 8.80. The maximum atomic E-state index is 12.2. The monoisotopic (exact) mass is 414 g/mol. The van der Waals surface area contributed by atoms with Gasteiger partial charge in [-0.1, -0.05) is 6.07 Å². The number of benzene rings is 2. The number of hydrogen-bond donors (Lipinski definition) is 2. The van der Waals surface area contributed by atoms with Gasteiger partial charge in [0.15, 0.2) is 0 Å². The van der Waals surface area contributed by atoms with Crippen LogP contribution in [0.3, 0.4) is 0 Å². The number of rotatable bonds is 12. The molecule has 2 N–H and O–H groups in total. The van der Waals surface area contributed by atoms with E-state index in [1.54, 1.807) is 6.07 Å². The van der Waals surface area contributed by atoms with E-state index in [1.807, 2.05) is 49.4 Å². The highest BCUT2D eigenvalue weighted by Crippen LogP contribution is 2.19. The number of carbonyl (C=O) groups excluding carboxylic acids is 1. The van der Waals surface area contributed by atoms with Crippen LogP contribution in [0.5, 0.6) is 11.5 Å². The lowest BCUT2D eigenvalue weighted by atomic mass is 10.2. The van der Waals surface area contributed by atoms with E-state index in [2.05, 4.69) is 10.6 Å². The lowest BCUT2D eigenvalue weighted by Gasteiger charge is -2.12. The van der Waals surface area contributed by atoms with Crippen LogP contribution in [-0.4, -0.2) is 51.6 Å². The molecule has 0 bridgehead atoms. The summed E-state index contributed by atoms with van der Waals surface area (Å²) in [6.07, 6.45) is 2.35. The third-order valence-corrected chi connectivity index (χ3v) is 4.59. The van der Waals surface area contributed by atoms with Crippen molar-refractivity contribution in [3.05, 3.63) is 48.5 Å². The summed E-state index contributed by atoms with van der Waals surface area (Å²) in [6, 6.07) is 14.9. The molecular weight excluding hydrogens is 384 g/mol. The van der Waals surface area contributed by atoms with Crippen LogP contribution in [0.25, 0.3) is 0 Å². The smallest absolute Gasteiger partial charge is 0.243 e. The zero-order valence-corrected chi connectivity index (χ0v) is 17.4. The molecule has 0 aliphatic carbocycles. The highest BCUT2D eigenvalue weighted by molar-refractivity contribution is 5.93. The third-order valence-electron chi connectivity index (χ3n) is 4.59. The van der Waals surface area contributed by atoms with Crippen molar-refractivity contribution in [1.82, 2.24) is 0 Å². The molecule has 3 rings (SSSR count). The van der Waals surface area contributed by atoms with Gasteiger partial charge in [0, 0.05) is 30.7 Å². The quantitative estimate of drug-likeness (QED) is 0.516. The Labute approximate surface area is 177 Å². The van der Waals surface area contributed by atoms with E-state index < -0.39 is 0 Å². The molecule has 0 aromatic heterocycles. The fourth-order valence-corrected chi connectivity index (χ4v) is 3.05. The first kappa shape index (κ1) is 21.9. The van der Waals surface area contributed by atoms with E-state index in [-0.39, 0.29) is 18.6 Å². The van der Waals surface area contributed by atoms with Gasteiger partial charge in [-0.25, -0.2) is 0 Å². The van der Waals surface area contributed by atoms with Crippen LogP contribution < -0.4 is 20.1 Å². The van der Waals surface area contributed by atoms with Gasteiger partial charge in [-0.05, 0) is 56.2 Å². The number of nitrogens with one attached hydrogen (secondary N) is 2. The minimum atomic E-state index is -0.139. The number of amides is 1. The highest BCUT2D eigenvalue weighted by atomic mass is 16.5. The van der Waals surface area contributed by atoms with Crippen LogP contribution in [-0.2, 0) is 14.3 Å². The molecule has 30 heavy (non-hydrogen) atoms. The summed E-state index contributed by atoms with van der Waals surface area (Å²) < 4.78 is 22.2. The number of carbonyl (C=O) groups is 1. The van der Waals surface area contributed by atoms with Gasteiger partial charge >= 0.3 is 0 Å². The molecule has 2 aromatic carbocycles. The standard InChI is InChI=1S/C23H30N2O5/c1-2-27-13-14-29-21-6-3-5-19(15-21)25-23(26)16-24-18-8-10-20(11-9-18)30-17-22-7-4-12-28-22/h3,5-6,8-11,15,22,24H,2,4,7,12-14,16-17H2,1H3,(H,25,26). The zero-order valence-electron chi connectivity index (χ0n) is 17.4. The van der Waals surface area contributed by atoms with Gasteiger partial charge in [0.1, 0.15) is 24.7 Å². The molecule has 2 aromatic rings. The van der Waals surface area contributed by atoms with Crippen molar-refractivity contribution in [3.8, 4) is 11.5 Å². The minimum Gasteiger partial charge on any atom is -0.491 e. The van der Waals surface area contributed by atoms with Gasteiger partial charge in [0.25, 0.3) is 0 Å². The fourth-order valence-electron chi connectivity index (χ4n) is 3.05. The predicted molar refractivity (Wildman–Crippen MR) is 116 cm³/mol. The van der Waals surface area contributed by atoms with Crippen molar-refractivity contribution in [2.45, 2.75) is 25.9 Å². The third kappa shape index (κ3) is 7.57. The SMILES string of the molecule is CCOCCOc1cccc(NC(=O)CNc2ccc(OCC3CCCO3)cc2)c1. The fraction of sp³-hybridized carbons (Fsp3) is 0.435. The second kappa shape index (κ2) is 12.0. The largest absolute Gasteiger partial charge is 0.491 e. The van der Waals surface area contributed by atoms with Crippen LogP contribution in [0.2, 0.25) is 0 Å². The summed E-state index contributed by atoms with van der Waals surface area (Å²) >= 11 is 0. The molecule has 1 atom stereocenters. The lowest BCUT2D eigenvalue weighted by molar-refractivity contribution is -0.114. The molecule has 0 spiro atoms. The van der Waals surface area contributed by atoms with Crippen molar-refractivity contribution >= 4 is 17.3 Å². The van der Waals surface area contributed by atoms with Crippen molar-refractivity contribution < 1.29 is 23.7 Å². The molecule has 0 radical (unpaired) electrons. The van der Waals surface area contributed by atoms with Crippen molar-refractivity contribution in [3.63, 3.8) is 0 Å². The number of ether oxygens (including phenoxy) is 4. The molecule has 1 aliphatic rings. The van der Waals surface area contributed by atoms with Gasteiger partial charge in [-0.2, -0.15) is 0 Å². The van der Waals surface area contributed by atoms with Gasteiger partial charge in [0.2, 0.25) is 5.91 Å². The van der Waals surface area contributed by atoms with Crippen LogP contribution in [0, 0.1) is 0 Å². The van der Waals surface area contributed by atoms with E-state index in [9.17, 15) is 4.79 Å². The summed E-state index contributed by atoms with van der Waals surface area (Å²) in [5, 5.41) is 5.98. The number of anilines is 2. The molecule has 7 nitrogen and oxygen atoms in total. The highest BCUT2D eigenvalue weighted by Gasteiger charge is 2.15. The Morgan fingerprint density at radius 1 is 1.07 bits per heavy atom.